The Balaban J connectivity index is 1.63. The highest BCUT2D eigenvalue weighted by atomic mass is 15.3. The monoisotopic (exact) mass is 417 g/mol. The number of likely N-dealkylation sites (N-methyl/N-ethyl adjacent to an activating group) is 1. The van der Waals surface area contributed by atoms with Gasteiger partial charge in [-0.3, -0.25) is 0 Å². The van der Waals surface area contributed by atoms with Gasteiger partial charge in [0, 0.05) is 43.5 Å². The summed E-state index contributed by atoms with van der Waals surface area (Å²) in [5, 5.41) is 4.39. The van der Waals surface area contributed by atoms with Crippen LogP contribution in [0.4, 0.5) is 5.82 Å². The molecule has 0 spiro atoms. The minimum absolute atomic E-state index is 0.342. The average molecular weight is 418 g/mol. The molecule has 0 aliphatic carbocycles. The predicted octanol–water partition coefficient (Wildman–Crippen LogP) is 4.15. The Kier molecular flexibility index (Phi) is 4.93. The van der Waals surface area contributed by atoms with Crippen molar-refractivity contribution in [1.29, 1.82) is 0 Å². The van der Waals surface area contributed by atoms with Crippen LogP contribution in [0.5, 0.6) is 0 Å². The van der Waals surface area contributed by atoms with Gasteiger partial charge in [-0.05, 0) is 49.6 Å². The number of anilines is 1. The molecule has 0 saturated carbocycles. The van der Waals surface area contributed by atoms with E-state index in [1.54, 1.807) is 6.33 Å². The summed E-state index contributed by atoms with van der Waals surface area (Å²) in [4.78, 5) is 18.2. The van der Waals surface area contributed by atoms with E-state index in [0.29, 0.717) is 5.92 Å². The van der Waals surface area contributed by atoms with Crippen molar-refractivity contribution in [2.45, 2.75) is 40.5 Å². The summed E-state index contributed by atoms with van der Waals surface area (Å²) in [5.74, 6) is 1.42. The van der Waals surface area contributed by atoms with Crippen LogP contribution in [0, 0.1) is 13.8 Å². The molecule has 1 N–H and O–H groups in total. The molecule has 5 heterocycles. The second-order valence-electron chi connectivity index (χ2n) is 8.88. The number of aromatic nitrogens is 5. The number of nitrogens with zero attached hydrogens (tertiary/aromatic N) is 6. The second-order valence-corrected chi connectivity index (χ2v) is 8.88. The molecule has 0 atom stereocenters. The fourth-order valence-electron chi connectivity index (χ4n) is 4.77. The van der Waals surface area contributed by atoms with Gasteiger partial charge in [-0.15, -0.1) is 0 Å². The first kappa shape index (κ1) is 20.0. The second kappa shape index (κ2) is 7.64. The van der Waals surface area contributed by atoms with Gasteiger partial charge in [0.15, 0.2) is 5.65 Å². The van der Waals surface area contributed by atoms with E-state index in [9.17, 15) is 0 Å². The summed E-state index contributed by atoms with van der Waals surface area (Å²) in [6, 6.07) is 4.35. The molecule has 162 valence electrons. The Labute approximate surface area is 183 Å². The third kappa shape index (κ3) is 3.28. The molecule has 0 aromatic carbocycles. The number of piperazine rings is 1. The van der Waals surface area contributed by atoms with Gasteiger partial charge in [-0.25, -0.2) is 14.5 Å². The third-order valence-corrected chi connectivity index (χ3v) is 6.78. The maximum atomic E-state index is 5.16. The van der Waals surface area contributed by atoms with E-state index in [1.807, 2.05) is 4.52 Å². The number of rotatable bonds is 4. The lowest BCUT2D eigenvalue weighted by molar-refractivity contribution is 0.270. The highest BCUT2D eigenvalue weighted by Crippen LogP contribution is 2.37. The van der Waals surface area contributed by atoms with Crippen molar-refractivity contribution in [2.24, 2.45) is 0 Å². The van der Waals surface area contributed by atoms with E-state index in [4.69, 9.17) is 4.98 Å². The molecule has 1 aliphatic heterocycles. The summed E-state index contributed by atoms with van der Waals surface area (Å²) >= 11 is 0. The predicted molar refractivity (Wildman–Crippen MR) is 126 cm³/mol. The molecule has 7 nitrogen and oxygen atoms in total. The number of hydrogen-bond donors (Lipinski definition) is 1. The van der Waals surface area contributed by atoms with Gasteiger partial charge in [0.2, 0.25) is 0 Å². The van der Waals surface area contributed by atoms with Crippen molar-refractivity contribution >= 4 is 22.5 Å². The molecule has 4 aromatic heterocycles. The molecule has 1 fully saturated rings. The Morgan fingerprint density at radius 2 is 1.84 bits per heavy atom. The molecule has 5 rings (SSSR count). The molecule has 0 radical (unpaired) electrons. The lowest BCUT2D eigenvalue weighted by Gasteiger charge is -2.34. The van der Waals surface area contributed by atoms with E-state index in [1.165, 1.54) is 11.1 Å². The van der Waals surface area contributed by atoms with Gasteiger partial charge >= 0.3 is 0 Å². The fraction of sp³-hybridized carbons (Fsp3) is 0.458. The molecule has 1 aliphatic rings. The molecule has 31 heavy (non-hydrogen) atoms. The molecular formula is C24H31N7. The molecular weight excluding hydrogens is 386 g/mol. The van der Waals surface area contributed by atoms with E-state index in [-0.39, 0.29) is 0 Å². The highest BCUT2D eigenvalue weighted by molar-refractivity contribution is 5.90. The minimum Gasteiger partial charge on any atom is -0.354 e. The zero-order valence-electron chi connectivity index (χ0n) is 19.1. The first-order chi connectivity index (χ1) is 15.0. The summed E-state index contributed by atoms with van der Waals surface area (Å²) in [5.41, 5.74) is 9.04. The first-order valence-electron chi connectivity index (χ1n) is 11.3. The van der Waals surface area contributed by atoms with E-state index < -0.39 is 0 Å². The van der Waals surface area contributed by atoms with Crippen LogP contribution in [-0.4, -0.2) is 62.2 Å². The number of fused-ring (bicyclic) bond motifs is 2. The van der Waals surface area contributed by atoms with Gasteiger partial charge < -0.3 is 14.8 Å². The quantitative estimate of drug-likeness (QED) is 0.540. The zero-order valence-corrected chi connectivity index (χ0v) is 19.1. The van der Waals surface area contributed by atoms with Crippen LogP contribution in [0.3, 0.4) is 0 Å². The van der Waals surface area contributed by atoms with E-state index in [0.717, 1.165) is 72.0 Å². The van der Waals surface area contributed by atoms with Crippen LogP contribution in [0.2, 0.25) is 0 Å². The smallest absolute Gasteiger partial charge is 0.158 e. The summed E-state index contributed by atoms with van der Waals surface area (Å²) in [6.45, 7) is 16.4. The number of nitrogens with one attached hydrogen (secondary N) is 1. The Morgan fingerprint density at radius 1 is 1.06 bits per heavy atom. The number of pyridine rings is 2. The van der Waals surface area contributed by atoms with Crippen molar-refractivity contribution in [2.75, 3.05) is 37.6 Å². The minimum atomic E-state index is 0.342. The maximum absolute atomic E-state index is 5.16. The van der Waals surface area contributed by atoms with Crippen LogP contribution in [0.25, 0.3) is 27.9 Å². The average Bonchev–Trinajstić information content (AvgIpc) is 3.40. The summed E-state index contributed by atoms with van der Waals surface area (Å²) in [6.07, 6.45) is 3.71. The van der Waals surface area contributed by atoms with Gasteiger partial charge in [0.05, 0.1) is 16.7 Å². The number of H-pyrrole nitrogens is 1. The molecule has 0 amide bonds. The van der Waals surface area contributed by atoms with Gasteiger partial charge in [-0.2, -0.15) is 5.10 Å². The molecule has 0 bridgehead atoms. The van der Waals surface area contributed by atoms with Gasteiger partial charge in [-0.1, -0.05) is 20.8 Å². The number of hydrogen-bond acceptors (Lipinski definition) is 5. The molecule has 0 unspecified atom stereocenters. The normalized spacial score (nSPS) is 15.6. The lowest BCUT2D eigenvalue weighted by atomic mass is 9.95. The summed E-state index contributed by atoms with van der Waals surface area (Å²) < 4.78 is 1.87. The van der Waals surface area contributed by atoms with Crippen LogP contribution in [0.1, 0.15) is 43.4 Å². The highest BCUT2D eigenvalue weighted by Gasteiger charge is 2.23. The van der Waals surface area contributed by atoms with Crippen molar-refractivity contribution in [3.63, 3.8) is 0 Å². The fourth-order valence-corrected chi connectivity index (χ4v) is 4.77. The molecule has 4 aromatic rings. The van der Waals surface area contributed by atoms with Crippen LogP contribution in [0.15, 0.2) is 24.7 Å². The zero-order chi connectivity index (χ0) is 21.7. The summed E-state index contributed by atoms with van der Waals surface area (Å²) in [7, 11) is 0. The van der Waals surface area contributed by atoms with Crippen molar-refractivity contribution < 1.29 is 0 Å². The number of aromatic amines is 1. The van der Waals surface area contributed by atoms with Gasteiger partial charge in [0.1, 0.15) is 12.1 Å². The third-order valence-electron chi connectivity index (χ3n) is 6.78. The maximum Gasteiger partial charge on any atom is 0.158 e. The van der Waals surface area contributed by atoms with Crippen LogP contribution < -0.4 is 4.90 Å². The molecule has 7 heteroatoms. The van der Waals surface area contributed by atoms with Crippen molar-refractivity contribution in [3.8, 4) is 11.3 Å². The Morgan fingerprint density at radius 3 is 2.55 bits per heavy atom. The largest absolute Gasteiger partial charge is 0.354 e. The topological polar surface area (TPSA) is 65.3 Å². The number of aryl methyl sites for hydroxylation is 1. The Hall–Kier alpha value is -2.93. The van der Waals surface area contributed by atoms with E-state index >= 15 is 0 Å². The lowest BCUT2D eigenvalue weighted by Crippen LogP contribution is -2.46. The standard InChI is InChI=1S/C24H31N7/c1-6-29-9-11-30(12-10-29)20-8-7-19-23(28-20)21(15(2)3)22(27-19)18-13-31-24(25-14-26-31)17(5)16(18)4/h7-8,13-15,27H,6,9-12H2,1-5H3. The molecule has 1 saturated heterocycles. The van der Waals surface area contributed by atoms with Gasteiger partial charge in [0.25, 0.3) is 0 Å². The van der Waals surface area contributed by atoms with E-state index in [2.05, 4.69) is 77.8 Å². The van der Waals surface area contributed by atoms with Crippen LogP contribution in [-0.2, 0) is 0 Å². The first-order valence-corrected chi connectivity index (χ1v) is 11.3. The van der Waals surface area contributed by atoms with Crippen LogP contribution >= 0.6 is 0 Å². The van der Waals surface area contributed by atoms with Crippen molar-refractivity contribution in [3.05, 3.63) is 41.3 Å². The van der Waals surface area contributed by atoms with Crippen molar-refractivity contribution in [1.82, 2.24) is 29.5 Å². The SMILES string of the molecule is CCN1CCN(c2ccc3[nH]c(-c4cn5ncnc5c(C)c4C)c(C(C)C)c3n2)CC1. The Bertz CT molecular complexity index is 1240.